The number of benzene rings is 2. The van der Waals surface area contributed by atoms with Gasteiger partial charge in [-0.2, -0.15) is 5.10 Å². The van der Waals surface area contributed by atoms with Crippen molar-refractivity contribution in [1.82, 2.24) is 25.4 Å². The second-order valence-corrected chi connectivity index (χ2v) is 9.06. The number of likely N-dealkylation sites (tertiary alicyclic amines) is 1. The number of hydrogen-bond donors (Lipinski definition) is 2. The number of amides is 1. The minimum atomic E-state index is -0.0560. The van der Waals surface area contributed by atoms with E-state index in [2.05, 4.69) is 31.5 Å². The Morgan fingerprint density at radius 3 is 2.94 bits per heavy atom. The lowest BCUT2D eigenvalue weighted by Crippen LogP contribution is -2.47. The Morgan fingerprint density at radius 2 is 2.09 bits per heavy atom. The van der Waals surface area contributed by atoms with Crippen LogP contribution < -0.4 is 5.32 Å². The van der Waals surface area contributed by atoms with Crippen LogP contribution in [-0.4, -0.2) is 45.1 Å². The molecular formula is C26H26ClN5O. The van der Waals surface area contributed by atoms with Gasteiger partial charge in [0.2, 0.25) is 0 Å². The van der Waals surface area contributed by atoms with Crippen LogP contribution in [0, 0.1) is 6.92 Å². The van der Waals surface area contributed by atoms with Crippen molar-refractivity contribution in [3.63, 3.8) is 0 Å². The van der Waals surface area contributed by atoms with Crippen molar-refractivity contribution in [3.05, 3.63) is 82.6 Å². The summed E-state index contributed by atoms with van der Waals surface area (Å²) in [5.74, 6) is -0.0560. The first-order valence-corrected chi connectivity index (χ1v) is 11.6. The lowest BCUT2D eigenvalue weighted by Gasteiger charge is -2.33. The van der Waals surface area contributed by atoms with E-state index < -0.39 is 0 Å². The Hall–Kier alpha value is -3.22. The summed E-state index contributed by atoms with van der Waals surface area (Å²) in [5, 5.41) is 12.5. The molecule has 0 bridgehead atoms. The standard InChI is InChI=1S/C26H26ClN5O/c1-17-13-18(10-11-28-17)25-22-14-19(8-9-24(22)30-31-25)26(33)29-21-6-4-12-32(16-21)15-20-5-2-3-7-23(20)27/h2-3,5,7-11,13-14,21H,4,6,12,15-16H2,1H3,(H,29,33)(H,30,31)/t21-/m1/s1. The minimum Gasteiger partial charge on any atom is -0.348 e. The number of nitrogens with one attached hydrogen (secondary N) is 2. The van der Waals surface area contributed by atoms with Crippen LogP contribution in [0.1, 0.15) is 34.5 Å². The predicted octanol–water partition coefficient (Wildman–Crippen LogP) is 4.98. The van der Waals surface area contributed by atoms with Crippen molar-refractivity contribution in [2.45, 2.75) is 32.4 Å². The summed E-state index contributed by atoms with van der Waals surface area (Å²) in [6, 6.07) is 17.7. The molecule has 3 heterocycles. The Labute approximate surface area is 198 Å². The molecule has 2 aromatic carbocycles. The number of fused-ring (bicyclic) bond motifs is 1. The number of rotatable bonds is 5. The van der Waals surface area contributed by atoms with Crippen molar-refractivity contribution in [1.29, 1.82) is 0 Å². The number of pyridine rings is 1. The largest absolute Gasteiger partial charge is 0.348 e. The molecule has 2 aromatic heterocycles. The summed E-state index contributed by atoms with van der Waals surface area (Å²) in [7, 11) is 0. The van der Waals surface area contributed by atoms with Gasteiger partial charge in [0, 0.05) is 52.6 Å². The summed E-state index contributed by atoms with van der Waals surface area (Å²) in [6.07, 6.45) is 3.79. The van der Waals surface area contributed by atoms with E-state index >= 15 is 0 Å². The van der Waals surface area contributed by atoms with Gasteiger partial charge in [-0.25, -0.2) is 0 Å². The molecule has 2 N–H and O–H groups in total. The van der Waals surface area contributed by atoms with Crippen LogP contribution in [0.15, 0.2) is 60.8 Å². The van der Waals surface area contributed by atoms with Gasteiger partial charge < -0.3 is 5.32 Å². The zero-order chi connectivity index (χ0) is 22.8. The number of aromatic nitrogens is 3. The molecule has 1 atom stereocenters. The van der Waals surface area contributed by atoms with E-state index in [9.17, 15) is 4.79 Å². The first-order valence-electron chi connectivity index (χ1n) is 11.2. The number of nitrogens with zero attached hydrogens (tertiary/aromatic N) is 3. The average molecular weight is 460 g/mol. The maximum Gasteiger partial charge on any atom is 0.251 e. The van der Waals surface area contributed by atoms with E-state index in [0.29, 0.717) is 5.56 Å². The van der Waals surface area contributed by atoms with Gasteiger partial charge in [-0.3, -0.25) is 19.8 Å². The van der Waals surface area contributed by atoms with E-state index in [1.165, 1.54) is 0 Å². The number of H-pyrrole nitrogens is 1. The third-order valence-corrected chi connectivity index (χ3v) is 6.56. The topological polar surface area (TPSA) is 73.9 Å². The highest BCUT2D eigenvalue weighted by Gasteiger charge is 2.23. The lowest BCUT2D eigenvalue weighted by atomic mass is 10.0. The Morgan fingerprint density at radius 1 is 1.21 bits per heavy atom. The van der Waals surface area contributed by atoms with E-state index in [0.717, 1.165) is 70.9 Å². The molecule has 33 heavy (non-hydrogen) atoms. The quantitative estimate of drug-likeness (QED) is 0.441. The summed E-state index contributed by atoms with van der Waals surface area (Å²) in [5.41, 5.74) is 5.40. The fourth-order valence-corrected chi connectivity index (χ4v) is 4.72. The van der Waals surface area contributed by atoms with Crippen molar-refractivity contribution < 1.29 is 4.79 Å². The van der Waals surface area contributed by atoms with Crippen LogP contribution in [0.3, 0.4) is 0 Å². The molecule has 1 saturated heterocycles. The molecular weight excluding hydrogens is 434 g/mol. The number of hydrogen-bond acceptors (Lipinski definition) is 4. The molecule has 0 saturated carbocycles. The Balaban J connectivity index is 1.30. The van der Waals surface area contributed by atoms with Crippen LogP contribution in [0.4, 0.5) is 0 Å². The maximum absolute atomic E-state index is 13.1. The molecule has 0 aliphatic carbocycles. The van der Waals surface area contributed by atoms with Gasteiger partial charge in [-0.1, -0.05) is 29.8 Å². The molecule has 4 aromatic rings. The monoisotopic (exact) mass is 459 g/mol. The van der Waals surface area contributed by atoms with Crippen LogP contribution >= 0.6 is 11.6 Å². The van der Waals surface area contributed by atoms with Gasteiger partial charge in [-0.05, 0) is 68.3 Å². The van der Waals surface area contributed by atoms with E-state index in [-0.39, 0.29) is 11.9 Å². The van der Waals surface area contributed by atoms with Crippen molar-refractivity contribution >= 4 is 28.4 Å². The van der Waals surface area contributed by atoms with Crippen molar-refractivity contribution in [2.24, 2.45) is 0 Å². The molecule has 0 spiro atoms. The molecule has 168 valence electrons. The highest BCUT2D eigenvalue weighted by Crippen LogP contribution is 2.27. The third-order valence-electron chi connectivity index (χ3n) is 6.19. The molecule has 1 fully saturated rings. The van der Waals surface area contributed by atoms with Gasteiger partial charge in [-0.15, -0.1) is 0 Å². The molecule has 1 amide bonds. The van der Waals surface area contributed by atoms with Crippen molar-refractivity contribution in [3.8, 4) is 11.3 Å². The van der Waals surface area contributed by atoms with Crippen LogP contribution in [0.2, 0.25) is 5.02 Å². The molecule has 7 heteroatoms. The molecule has 6 nitrogen and oxygen atoms in total. The highest BCUT2D eigenvalue weighted by atomic mass is 35.5. The second kappa shape index (κ2) is 9.33. The Bertz CT molecular complexity index is 1300. The van der Waals surface area contributed by atoms with Crippen LogP contribution in [0.25, 0.3) is 22.2 Å². The first-order chi connectivity index (χ1) is 16.1. The molecule has 0 unspecified atom stereocenters. The summed E-state index contributed by atoms with van der Waals surface area (Å²) in [4.78, 5) is 19.7. The number of carbonyl (C=O) groups excluding carboxylic acids is 1. The summed E-state index contributed by atoms with van der Waals surface area (Å²) >= 11 is 6.34. The number of halogens is 1. The van der Waals surface area contributed by atoms with Crippen LogP contribution in [0.5, 0.6) is 0 Å². The maximum atomic E-state index is 13.1. The van der Waals surface area contributed by atoms with Gasteiger partial charge in [0.05, 0.1) is 5.52 Å². The number of carbonyl (C=O) groups is 1. The van der Waals surface area contributed by atoms with E-state index in [4.69, 9.17) is 11.6 Å². The zero-order valence-corrected chi connectivity index (χ0v) is 19.3. The lowest BCUT2D eigenvalue weighted by molar-refractivity contribution is 0.0901. The van der Waals surface area contributed by atoms with Crippen molar-refractivity contribution in [2.75, 3.05) is 13.1 Å². The fraction of sp³-hybridized carbons (Fsp3) is 0.269. The van der Waals surface area contributed by atoms with Gasteiger partial charge in [0.1, 0.15) is 5.69 Å². The third kappa shape index (κ3) is 4.77. The van der Waals surface area contributed by atoms with Crippen LogP contribution in [-0.2, 0) is 6.54 Å². The minimum absolute atomic E-state index is 0.0560. The van der Waals surface area contributed by atoms with Gasteiger partial charge in [0.15, 0.2) is 0 Å². The SMILES string of the molecule is Cc1cc(-c2n[nH]c3ccc(C(=O)N[C@@H]4CCCN(Cc5ccccc5Cl)C4)cc23)ccn1. The normalized spacial score (nSPS) is 16.7. The molecule has 5 rings (SSSR count). The molecule has 1 aliphatic heterocycles. The smallest absolute Gasteiger partial charge is 0.251 e. The van der Waals surface area contributed by atoms with E-state index in [1.54, 1.807) is 6.20 Å². The highest BCUT2D eigenvalue weighted by molar-refractivity contribution is 6.31. The molecule has 0 radical (unpaired) electrons. The summed E-state index contributed by atoms with van der Waals surface area (Å²) < 4.78 is 0. The second-order valence-electron chi connectivity index (χ2n) is 8.66. The first kappa shape index (κ1) is 21.6. The van der Waals surface area contributed by atoms with Gasteiger partial charge >= 0.3 is 0 Å². The zero-order valence-electron chi connectivity index (χ0n) is 18.5. The van der Waals surface area contributed by atoms with E-state index in [1.807, 2.05) is 55.5 Å². The Kier molecular flexibility index (Phi) is 6.11. The van der Waals surface area contributed by atoms with Gasteiger partial charge in [0.25, 0.3) is 5.91 Å². The fourth-order valence-electron chi connectivity index (χ4n) is 4.52. The predicted molar refractivity (Wildman–Crippen MR) is 131 cm³/mol. The summed E-state index contributed by atoms with van der Waals surface area (Å²) in [6.45, 7) is 4.57. The number of piperidine rings is 1. The molecule has 1 aliphatic rings. The average Bonchev–Trinajstić information content (AvgIpc) is 3.24. The number of aryl methyl sites for hydroxylation is 1. The number of aromatic amines is 1.